The van der Waals surface area contributed by atoms with Gasteiger partial charge < -0.3 is 0 Å². The number of unbranched alkanes of at least 4 members (excludes halogenated alkanes) is 1. The van der Waals surface area contributed by atoms with E-state index in [1.165, 1.54) is 37.6 Å². The van der Waals surface area contributed by atoms with Crippen molar-refractivity contribution in [3.8, 4) is 0 Å². The molecule has 35 heavy (non-hydrogen) atoms. The zero-order valence-corrected chi connectivity index (χ0v) is 20.4. The predicted molar refractivity (Wildman–Crippen MR) is 144 cm³/mol. The monoisotopic (exact) mass is 459 g/mol. The van der Waals surface area contributed by atoms with E-state index in [1.54, 1.807) is 0 Å². The van der Waals surface area contributed by atoms with Gasteiger partial charge in [-0.15, -0.1) is 0 Å². The molecule has 0 radical (unpaired) electrons. The van der Waals surface area contributed by atoms with Crippen LogP contribution in [0.1, 0.15) is 71.4 Å². The minimum atomic E-state index is -0.138. The highest BCUT2D eigenvalue weighted by atomic mass is 16.2. The summed E-state index contributed by atoms with van der Waals surface area (Å²) in [6.07, 6.45) is 6.49. The maximum Gasteiger partial charge on any atom is 0.261 e. The van der Waals surface area contributed by atoms with E-state index in [0.717, 1.165) is 60.1 Å². The molecule has 2 amide bonds. The molecule has 1 heterocycles. The van der Waals surface area contributed by atoms with Crippen molar-refractivity contribution in [3.63, 3.8) is 0 Å². The van der Waals surface area contributed by atoms with Crippen molar-refractivity contribution in [1.29, 1.82) is 0 Å². The number of nitrogens with zero attached hydrogens (tertiary/aromatic N) is 1. The van der Waals surface area contributed by atoms with Gasteiger partial charge in [0, 0.05) is 23.1 Å². The van der Waals surface area contributed by atoms with Gasteiger partial charge in [0.2, 0.25) is 0 Å². The molecule has 3 nitrogen and oxygen atoms in total. The summed E-state index contributed by atoms with van der Waals surface area (Å²) >= 11 is 0. The number of carbonyl (C=O) groups excluding carboxylic acids is 2. The molecule has 5 aromatic carbocycles. The van der Waals surface area contributed by atoms with Crippen LogP contribution in [0.2, 0.25) is 0 Å². The quantitative estimate of drug-likeness (QED) is 0.149. The van der Waals surface area contributed by atoms with Gasteiger partial charge in [-0.2, -0.15) is 0 Å². The van der Waals surface area contributed by atoms with Gasteiger partial charge in [0.15, 0.2) is 0 Å². The van der Waals surface area contributed by atoms with Crippen molar-refractivity contribution in [2.75, 3.05) is 6.54 Å². The number of imide groups is 1. The normalized spacial score (nSPS) is 16.0. The van der Waals surface area contributed by atoms with E-state index in [4.69, 9.17) is 0 Å². The van der Waals surface area contributed by atoms with Crippen LogP contribution in [0.5, 0.6) is 0 Å². The van der Waals surface area contributed by atoms with E-state index in [1.807, 2.05) is 12.1 Å². The molecule has 7 rings (SSSR count). The highest BCUT2D eigenvalue weighted by molar-refractivity contribution is 6.38. The van der Waals surface area contributed by atoms with Gasteiger partial charge in [0.25, 0.3) is 11.8 Å². The van der Waals surface area contributed by atoms with Crippen molar-refractivity contribution in [1.82, 2.24) is 4.90 Å². The molecule has 2 aliphatic rings. The van der Waals surface area contributed by atoms with Crippen LogP contribution in [-0.4, -0.2) is 23.3 Å². The number of aryl methyl sites for hydroxylation is 2. The average molecular weight is 460 g/mol. The molecule has 3 heteroatoms. The molecule has 0 saturated carbocycles. The Bertz CT molecular complexity index is 1590. The second-order valence-corrected chi connectivity index (χ2v) is 10.5. The molecule has 0 N–H and O–H groups in total. The third-order valence-corrected chi connectivity index (χ3v) is 8.67. The first-order chi connectivity index (χ1) is 17.1. The Morgan fingerprint density at radius 1 is 0.686 bits per heavy atom. The smallest absolute Gasteiger partial charge is 0.261 e. The first-order valence-corrected chi connectivity index (χ1v) is 13.2. The summed E-state index contributed by atoms with van der Waals surface area (Å²) in [4.78, 5) is 28.9. The molecule has 174 valence electrons. The second-order valence-electron chi connectivity index (χ2n) is 10.5. The highest BCUT2D eigenvalue weighted by Crippen LogP contribution is 2.46. The number of carbonyl (C=O) groups is 2. The number of fused-ring (bicyclic) bond motifs is 2. The molecule has 0 bridgehead atoms. The number of rotatable bonds is 6. The largest absolute Gasteiger partial charge is 0.274 e. The maximum absolute atomic E-state index is 13.7. The fraction of sp³-hybridized carbons (Fsp3) is 0.312. The van der Waals surface area contributed by atoms with Gasteiger partial charge in [-0.1, -0.05) is 69.5 Å². The summed E-state index contributed by atoms with van der Waals surface area (Å²) in [6, 6.07) is 17.2. The van der Waals surface area contributed by atoms with Crippen LogP contribution in [0.3, 0.4) is 0 Å². The summed E-state index contributed by atoms with van der Waals surface area (Å²) in [5.41, 5.74) is 4.21. The molecule has 5 aromatic rings. The Balaban J connectivity index is 1.48. The zero-order valence-electron chi connectivity index (χ0n) is 20.4. The lowest BCUT2D eigenvalue weighted by Crippen LogP contribution is -2.43. The van der Waals surface area contributed by atoms with E-state index >= 15 is 0 Å². The van der Waals surface area contributed by atoms with Crippen molar-refractivity contribution in [3.05, 3.63) is 70.8 Å². The molecule has 1 aliphatic heterocycles. The van der Waals surface area contributed by atoms with Crippen molar-refractivity contribution >= 4 is 54.9 Å². The van der Waals surface area contributed by atoms with Crippen molar-refractivity contribution in [2.24, 2.45) is 5.92 Å². The summed E-state index contributed by atoms with van der Waals surface area (Å²) < 4.78 is 0. The minimum Gasteiger partial charge on any atom is -0.274 e. The highest BCUT2D eigenvalue weighted by Gasteiger charge is 2.35. The lowest BCUT2D eigenvalue weighted by Gasteiger charge is -2.31. The summed E-state index contributed by atoms with van der Waals surface area (Å²) in [7, 11) is 0. The topological polar surface area (TPSA) is 37.4 Å². The third-order valence-electron chi connectivity index (χ3n) is 8.67. The average Bonchev–Trinajstić information content (AvgIpc) is 3.32. The van der Waals surface area contributed by atoms with Crippen molar-refractivity contribution < 1.29 is 9.59 Å². The van der Waals surface area contributed by atoms with E-state index in [0.29, 0.717) is 23.6 Å². The lowest BCUT2D eigenvalue weighted by molar-refractivity contribution is 0.0580. The maximum atomic E-state index is 13.7. The Hall–Kier alpha value is -3.46. The number of hydrogen-bond acceptors (Lipinski definition) is 2. The molecule has 1 atom stereocenters. The second kappa shape index (κ2) is 7.52. The van der Waals surface area contributed by atoms with Crippen LogP contribution in [0.25, 0.3) is 43.1 Å². The van der Waals surface area contributed by atoms with E-state index in [2.05, 4.69) is 50.2 Å². The Morgan fingerprint density at radius 2 is 1.20 bits per heavy atom. The van der Waals surface area contributed by atoms with Gasteiger partial charge in [0.05, 0.1) is 0 Å². The minimum absolute atomic E-state index is 0.138. The van der Waals surface area contributed by atoms with E-state index in [-0.39, 0.29) is 11.8 Å². The van der Waals surface area contributed by atoms with Crippen molar-refractivity contribution in [2.45, 2.75) is 52.4 Å². The molecule has 0 spiro atoms. The summed E-state index contributed by atoms with van der Waals surface area (Å²) in [5.74, 6) is 0.0704. The standard InChI is InChI=1S/C32H29NO2/c1-3-5-6-18(4-2)17-33-31(34)25-15-13-23-21-11-9-19-7-8-20-10-12-22(28(21)27(19)20)24-14-16-26(32(33)35)30(25)29(23)24/h9-16,18H,3-8,17H2,1-2H3. The zero-order chi connectivity index (χ0) is 23.8. The fourth-order valence-electron chi connectivity index (χ4n) is 6.80. The predicted octanol–water partition coefficient (Wildman–Crippen LogP) is 7.65. The molecular weight excluding hydrogens is 430 g/mol. The van der Waals surface area contributed by atoms with Gasteiger partial charge >= 0.3 is 0 Å². The summed E-state index contributed by atoms with van der Waals surface area (Å²) in [6.45, 7) is 4.85. The third kappa shape index (κ3) is 2.73. The van der Waals surface area contributed by atoms with Crippen LogP contribution < -0.4 is 0 Å². The van der Waals surface area contributed by atoms with Crippen LogP contribution in [0.4, 0.5) is 0 Å². The van der Waals surface area contributed by atoms with Crippen LogP contribution in [0, 0.1) is 5.92 Å². The van der Waals surface area contributed by atoms with Crippen LogP contribution in [-0.2, 0) is 12.8 Å². The lowest BCUT2D eigenvalue weighted by atomic mass is 9.84. The van der Waals surface area contributed by atoms with Gasteiger partial charge in [-0.3, -0.25) is 14.5 Å². The van der Waals surface area contributed by atoms with Gasteiger partial charge in [0.1, 0.15) is 0 Å². The molecular formula is C32H29NO2. The van der Waals surface area contributed by atoms with Crippen LogP contribution in [0.15, 0.2) is 48.5 Å². The Kier molecular flexibility index (Phi) is 4.48. The van der Waals surface area contributed by atoms with E-state index in [9.17, 15) is 9.59 Å². The van der Waals surface area contributed by atoms with Gasteiger partial charge in [-0.05, 0) is 86.1 Å². The number of amides is 2. The SMILES string of the molecule is CCCCC(CC)CN1C(=O)c2ccc3c4ccc5c6c(ccc(c7ccc(c2c37)C1=O)c64)CC5. The summed E-state index contributed by atoms with van der Waals surface area (Å²) in [5, 5.41) is 9.40. The molecule has 0 aromatic heterocycles. The van der Waals surface area contributed by atoms with Gasteiger partial charge in [-0.25, -0.2) is 0 Å². The molecule has 1 unspecified atom stereocenters. The van der Waals surface area contributed by atoms with Crippen LogP contribution >= 0.6 is 0 Å². The first-order valence-electron chi connectivity index (χ1n) is 13.2. The van der Waals surface area contributed by atoms with E-state index < -0.39 is 0 Å². The Morgan fingerprint density at radius 3 is 1.71 bits per heavy atom. The fourth-order valence-corrected chi connectivity index (χ4v) is 6.80. The molecule has 0 fully saturated rings. The first kappa shape index (κ1) is 20.9. The molecule has 0 saturated heterocycles. The number of hydrogen-bond donors (Lipinski definition) is 0. The number of benzene rings is 5. The molecule has 1 aliphatic carbocycles. The Labute approximate surface area is 205 Å².